The van der Waals surface area contributed by atoms with Gasteiger partial charge in [-0.25, -0.2) is 0 Å². The first-order chi connectivity index (χ1) is 10.8. The lowest BCUT2D eigenvalue weighted by Crippen LogP contribution is -2.41. The summed E-state index contributed by atoms with van der Waals surface area (Å²) in [5.74, 6) is 0.781. The van der Waals surface area contributed by atoms with E-state index in [1.54, 1.807) is 14.2 Å². The van der Waals surface area contributed by atoms with Gasteiger partial charge in [-0.3, -0.25) is 0 Å². The quantitative estimate of drug-likeness (QED) is 0.719. The van der Waals surface area contributed by atoms with Crippen molar-refractivity contribution in [2.24, 2.45) is 0 Å². The van der Waals surface area contributed by atoms with Crippen LogP contribution in [-0.4, -0.2) is 51.9 Å². The Morgan fingerprint density at radius 3 is 2.00 bits per heavy atom. The predicted octanol–water partition coefficient (Wildman–Crippen LogP) is 2.03. The molecule has 1 aliphatic rings. The van der Waals surface area contributed by atoms with Crippen molar-refractivity contribution < 1.29 is 23.5 Å². The number of rotatable bonds is 7. The standard InChI is InChI=1S/C17H27BO5/c1-16(2)17(3,4)23-18(22-16)13-7-9-14(10-8-13)21-12-15(20-6)11-19-5/h7-10,15H,11-12H2,1-6H3. The topological polar surface area (TPSA) is 46.2 Å². The molecule has 0 radical (unpaired) electrons. The van der Waals surface area contributed by atoms with Crippen LogP contribution in [0.3, 0.4) is 0 Å². The van der Waals surface area contributed by atoms with Gasteiger partial charge in [0.25, 0.3) is 0 Å². The summed E-state index contributed by atoms with van der Waals surface area (Å²) < 4.78 is 28.1. The van der Waals surface area contributed by atoms with Crippen molar-refractivity contribution in [2.75, 3.05) is 27.4 Å². The van der Waals surface area contributed by atoms with E-state index in [2.05, 4.69) is 0 Å². The molecule has 23 heavy (non-hydrogen) atoms. The Hall–Kier alpha value is -1.08. The lowest BCUT2D eigenvalue weighted by molar-refractivity contribution is 0.000880. The fourth-order valence-corrected chi connectivity index (χ4v) is 2.26. The maximum atomic E-state index is 6.04. The molecule has 0 saturated carbocycles. The summed E-state index contributed by atoms with van der Waals surface area (Å²) in [7, 11) is 2.94. The molecule has 1 aromatic carbocycles. The summed E-state index contributed by atoms with van der Waals surface area (Å²) in [6, 6.07) is 7.77. The molecule has 0 aromatic heterocycles. The first kappa shape index (κ1) is 18.3. The largest absolute Gasteiger partial charge is 0.494 e. The van der Waals surface area contributed by atoms with E-state index in [1.165, 1.54) is 0 Å². The molecule has 1 aliphatic heterocycles. The van der Waals surface area contributed by atoms with Gasteiger partial charge in [0.1, 0.15) is 18.5 Å². The van der Waals surface area contributed by atoms with E-state index in [-0.39, 0.29) is 24.4 Å². The Kier molecular flexibility index (Phi) is 5.73. The minimum atomic E-state index is -0.353. The third-order valence-electron chi connectivity index (χ3n) is 4.53. The summed E-state index contributed by atoms with van der Waals surface area (Å²) in [5, 5.41) is 0. The van der Waals surface area contributed by atoms with Crippen molar-refractivity contribution >= 4 is 12.6 Å². The van der Waals surface area contributed by atoms with Crippen LogP contribution in [0.15, 0.2) is 24.3 Å². The van der Waals surface area contributed by atoms with Gasteiger partial charge >= 0.3 is 7.12 Å². The molecular formula is C17H27BO5. The van der Waals surface area contributed by atoms with Crippen molar-refractivity contribution in [1.29, 1.82) is 0 Å². The second kappa shape index (κ2) is 7.22. The minimum Gasteiger partial charge on any atom is -0.491 e. The molecule has 0 spiro atoms. The third kappa shape index (κ3) is 4.26. The van der Waals surface area contributed by atoms with Gasteiger partial charge in [-0.15, -0.1) is 0 Å². The van der Waals surface area contributed by atoms with Crippen LogP contribution in [0.5, 0.6) is 5.75 Å². The summed E-state index contributed by atoms with van der Waals surface area (Å²) in [6.45, 7) is 9.13. The molecule has 0 N–H and O–H groups in total. The van der Waals surface area contributed by atoms with Crippen LogP contribution in [-0.2, 0) is 18.8 Å². The average molecular weight is 322 g/mol. The molecule has 5 nitrogen and oxygen atoms in total. The van der Waals surface area contributed by atoms with E-state index in [1.807, 2.05) is 52.0 Å². The van der Waals surface area contributed by atoms with E-state index in [4.69, 9.17) is 23.5 Å². The first-order valence-corrected chi connectivity index (χ1v) is 7.89. The minimum absolute atomic E-state index is 0.0808. The zero-order valence-electron chi connectivity index (χ0n) is 14.9. The Bertz CT molecular complexity index is 484. The van der Waals surface area contributed by atoms with E-state index in [0.717, 1.165) is 11.2 Å². The van der Waals surface area contributed by atoms with Gasteiger partial charge in [-0.2, -0.15) is 0 Å². The lowest BCUT2D eigenvalue weighted by atomic mass is 9.79. The highest BCUT2D eigenvalue weighted by atomic mass is 16.7. The molecule has 2 rings (SSSR count). The highest BCUT2D eigenvalue weighted by Crippen LogP contribution is 2.36. The van der Waals surface area contributed by atoms with Crippen LogP contribution in [0.1, 0.15) is 27.7 Å². The molecule has 1 unspecified atom stereocenters. The number of hydrogen-bond acceptors (Lipinski definition) is 5. The fraction of sp³-hybridized carbons (Fsp3) is 0.647. The highest BCUT2D eigenvalue weighted by molar-refractivity contribution is 6.62. The van der Waals surface area contributed by atoms with Crippen molar-refractivity contribution in [3.63, 3.8) is 0 Å². The highest BCUT2D eigenvalue weighted by Gasteiger charge is 2.51. The molecular weight excluding hydrogens is 295 g/mol. The van der Waals surface area contributed by atoms with Gasteiger partial charge in [0.05, 0.1) is 17.8 Å². The van der Waals surface area contributed by atoms with E-state index < -0.39 is 0 Å². The molecule has 1 aromatic rings. The molecule has 6 heteroatoms. The van der Waals surface area contributed by atoms with Gasteiger partial charge in [0.2, 0.25) is 0 Å². The van der Waals surface area contributed by atoms with Crippen molar-refractivity contribution in [1.82, 2.24) is 0 Å². The Morgan fingerprint density at radius 2 is 1.52 bits per heavy atom. The summed E-state index contributed by atoms with van der Waals surface area (Å²) in [6.07, 6.45) is -0.0808. The lowest BCUT2D eigenvalue weighted by Gasteiger charge is -2.32. The van der Waals surface area contributed by atoms with Crippen LogP contribution >= 0.6 is 0 Å². The van der Waals surface area contributed by atoms with E-state index in [0.29, 0.717) is 13.2 Å². The Balaban J connectivity index is 1.95. The summed E-state index contributed by atoms with van der Waals surface area (Å²) in [4.78, 5) is 0. The molecule has 1 saturated heterocycles. The third-order valence-corrected chi connectivity index (χ3v) is 4.53. The zero-order valence-corrected chi connectivity index (χ0v) is 14.9. The van der Waals surface area contributed by atoms with E-state index in [9.17, 15) is 0 Å². The maximum Gasteiger partial charge on any atom is 0.494 e. The molecule has 1 heterocycles. The predicted molar refractivity (Wildman–Crippen MR) is 90.3 cm³/mol. The zero-order chi connectivity index (χ0) is 17.1. The van der Waals surface area contributed by atoms with Gasteiger partial charge < -0.3 is 23.5 Å². The number of benzene rings is 1. The maximum absolute atomic E-state index is 6.04. The first-order valence-electron chi connectivity index (χ1n) is 7.89. The summed E-state index contributed by atoms with van der Waals surface area (Å²) in [5.41, 5.74) is 0.313. The van der Waals surface area contributed by atoms with Crippen LogP contribution in [0.2, 0.25) is 0 Å². The second-order valence-corrected chi connectivity index (χ2v) is 6.78. The summed E-state index contributed by atoms with van der Waals surface area (Å²) >= 11 is 0. The Morgan fingerprint density at radius 1 is 0.957 bits per heavy atom. The number of ether oxygens (including phenoxy) is 3. The molecule has 0 bridgehead atoms. The van der Waals surface area contributed by atoms with Gasteiger partial charge in [-0.05, 0) is 45.3 Å². The number of methoxy groups -OCH3 is 2. The smallest absolute Gasteiger partial charge is 0.491 e. The van der Waals surface area contributed by atoms with Crippen LogP contribution in [0.4, 0.5) is 0 Å². The molecule has 0 amide bonds. The second-order valence-electron chi connectivity index (χ2n) is 6.78. The molecule has 1 fully saturated rings. The Labute approximate surface area is 139 Å². The van der Waals surface area contributed by atoms with Crippen molar-refractivity contribution in [3.8, 4) is 5.75 Å². The number of hydrogen-bond donors (Lipinski definition) is 0. The van der Waals surface area contributed by atoms with Crippen LogP contribution in [0.25, 0.3) is 0 Å². The van der Waals surface area contributed by atoms with Gasteiger partial charge in [0, 0.05) is 14.2 Å². The molecule has 0 aliphatic carbocycles. The molecule has 128 valence electrons. The van der Waals surface area contributed by atoms with Gasteiger partial charge in [-0.1, -0.05) is 12.1 Å². The van der Waals surface area contributed by atoms with Crippen LogP contribution < -0.4 is 10.2 Å². The average Bonchev–Trinajstić information content (AvgIpc) is 2.72. The molecule has 1 atom stereocenters. The SMILES string of the molecule is COCC(COc1ccc(B2OC(C)(C)C(C)(C)O2)cc1)OC. The van der Waals surface area contributed by atoms with Crippen molar-refractivity contribution in [3.05, 3.63) is 24.3 Å². The van der Waals surface area contributed by atoms with Crippen molar-refractivity contribution in [2.45, 2.75) is 45.0 Å². The fourth-order valence-electron chi connectivity index (χ4n) is 2.26. The van der Waals surface area contributed by atoms with Gasteiger partial charge in [0.15, 0.2) is 0 Å². The normalized spacial score (nSPS) is 20.5. The van der Waals surface area contributed by atoms with Crippen LogP contribution in [0, 0.1) is 0 Å². The van der Waals surface area contributed by atoms with E-state index >= 15 is 0 Å². The monoisotopic (exact) mass is 322 g/mol.